The van der Waals surface area contributed by atoms with Gasteiger partial charge < -0.3 is 5.32 Å². The third-order valence-electron chi connectivity index (χ3n) is 3.53. The second-order valence-corrected chi connectivity index (χ2v) is 5.10. The van der Waals surface area contributed by atoms with E-state index in [1.807, 2.05) is 24.4 Å². The fourth-order valence-electron chi connectivity index (χ4n) is 2.47. The normalized spacial score (nSPS) is 12.4. The van der Waals surface area contributed by atoms with Crippen LogP contribution in [0, 0.1) is 0 Å². The molecular formula is C18H19N3. The molecule has 0 aliphatic carbocycles. The summed E-state index contributed by atoms with van der Waals surface area (Å²) in [4.78, 5) is 9.05. The molecular weight excluding hydrogens is 258 g/mol. The summed E-state index contributed by atoms with van der Waals surface area (Å²) < 4.78 is 0. The standard InChI is InChI=1S/C18H19N3/c1-2-11-20-18(15-7-5-12-19-13-15)17-10-9-14-6-3-4-8-16(14)21-17/h3-10,12-13,18,20H,2,11H2,1H3. The number of para-hydroxylation sites is 1. The van der Waals surface area contributed by atoms with Gasteiger partial charge in [0.15, 0.2) is 0 Å². The molecule has 0 aliphatic heterocycles. The summed E-state index contributed by atoms with van der Waals surface area (Å²) in [6, 6.07) is 16.6. The lowest BCUT2D eigenvalue weighted by atomic mass is 10.0. The van der Waals surface area contributed by atoms with Crippen molar-refractivity contribution in [3.8, 4) is 0 Å². The summed E-state index contributed by atoms with van der Waals surface area (Å²) >= 11 is 0. The van der Waals surface area contributed by atoms with E-state index < -0.39 is 0 Å². The fraction of sp³-hybridized carbons (Fsp3) is 0.222. The number of fused-ring (bicyclic) bond motifs is 1. The molecule has 2 aromatic heterocycles. The van der Waals surface area contributed by atoms with Crippen LogP contribution in [0.5, 0.6) is 0 Å². The number of rotatable bonds is 5. The molecule has 0 radical (unpaired) electrons. The number of hydrogen-bond acceptors (Lipinski definition) is 3. The Morgan fingerprint density at radius 3 is 2.76 bits per heavy atom. The fourth-order valence-corrected chi connectivity index (χ4v) is 2.47. The summed E-state index contributed by atoms with van der Waals surface area (Å²) in [5.74, 6) is 0. The van der Waals surface area contributed by atoms with E-state index in [1.165, 1.54) is 5.39 Å². The first-order valence-electron chi connectivity index (χ1n) is 7.37. The van der Waals surface area contributed by atoms with Crippen LogP contribution >= 0.6 is 0 Å². The van der Waals surface area contributed by atoms with Gasteiger partial charge in [0, 0.05) is 17.8 Å². The summed E-state index contributed by atoms with van der Waals surface area (Å²) in [5, 5.41) is 4.73. The predicted octanol–water partition coefficient (Wildman–Crippen LogP) is 3.72. The number of hydrogen-bond donors (Lipinski definition) is 1. The molecule has 0 fully saturated rings. The van der Waals surface area contributed by atoms with E-state index in [-0.39, 0.29) is 6.04 Å². The summed E-state index contributed by atoms with van der Waals surface area (Å²) in [6.45, 7) is 3.12. The van der Waals surface area contributed by atoms with Gasteiger partial charge in [-0.05, 0) is 36.7 Å². The molecule has 21 heavy (non-hydrogen) atoms. The van der Waals surface area contributed by atoms with Gasteiger partial charge in [0.2, 0.25) is 0 Å². The Balaban J connectivity index is 2.01. The van der Waals surface area contributed by atoms with Crippen molar-refractivity contribution in [3.63, 3.8) is 0 Å². The molecule has 1 N–H and O–H groups in total. The van der Waals surface area contributed by atoms with Crippen LogP contribution in [-0.2, 0) is 0 Å². The highest BCUT2D eigenvalue weighted by molar-refractivity contribution is 5.78. The van der Waals surface area contributed by atoms with Crippen molar-refractivity contribution in [2.45, 2.75) is 19.4 Å². The van der Waals surface area contributed by atoms with Crippen molar-refractivity contribution in [2.24, 2.45) is 0 Å². The molecule has 0 saturated heterocycles. The van der Waals surface area contributed by atoms with E-state index in [0.717, 1.165) is 29.7 Å². The van der Waals surface area contributed by atoms with Crippen molar-refractivity contribution in [2.75, 3.05) is 6.54 Å². The van der Waals surface area contributed by atoms with Gasteiger partial charge in [-0.15, -0.1) is 0 Å². The summed E-state index contributed by atoms with van der Waals surface area (Å²) in [6.07, 6.45) is 4.79. The quantitative estimate of drug-likeness (QED) is 0.772. The van der Waals surface area contributed by atoms with Crippen LogP contribution in [0.2, 0.25) is 0 Å². The lowest BCUT2D eigenvalue weighted by molar-refractivity contribution is 0.586. The largest absolute Gasteiger partial charge is 0.305 e. The van der Waals surface area contributed by atoms with Gasteiger partial charge in [-0.25, -0.2) is 0 Å². The molecule has 1 aromatic carbocycles. The zero-order valence-corrected chi connectivity index (χ0v) is 12.2. The molecule has 1 atom stereocenters. The molecule has 3 nitrogen and oxygen atoms in total. The first kappa shape index (κ1) is 13.7. The minimum absolute atomic E-state index is 0.0863. The smallest absolute Gasteiger partial charge is 0.0766 e. The van der Waals surface area contributed by atoms with E-state index in [1.54, 1.807) is 6.20 Å². The van der Waals surface area contributed by atoms with Crippen LogP contribution in [0.3, 0.4) is 0 Å². The van der Waals surface area contributed by atoms with Gasteiger partial charge in [-0.3, -0.25) is 9.97 Å². The molecule has 0 amide bonds. The average Bonchev–Trinajstić information content (AvgIpc) is 2.56. The van der Waals surface area contributed by atoms with Crippen LogP contribution in [0.15, 0.2) is 60.9 Å². The molecule has 3 aromatic rings. The average molecular weight is 277 g/mol. The minimum atomic E-state index is 0.0863. The van der Waals surface area contributed by atoms with Crippen molar-refractivity contribution < 1.29 is 0 Å². The lowest BCUT2D eigenvalue weighted by Gasteiger charge is -2.18. The van der Waals surface area contributed by atoms with E-state index in [4.69, 9.17) is 4.98 Å². The number of pyridine rings is 2. The molecule has 0 bridgehead atoms. The van der Waals surface area contributed by atoms with E-state index in [9.17, 15) is 0 Å². The molecule has 0 aliphatic rings. The Morgan fingerprint density at radius 1 is 1.05 bits per heavy atom. The van der Waals surface area contributed by atoms with Crippen LogP contribution < -0.4 is 5.32 Å². The highest BCUT2D eigenvalue weighted by Crippen LogP contribution is 2.22. The molecule has 0 spiro atoms. The third kappa shape index (κ3) is 3.09. The number of aromatic nitrogens is 2. The Bertz CT molecular complexity index is 710. The van der Waals surface area contributed by atoms with Gasteiger partial charge in [0.05, 0.1) is 17.3 Å². The summed E-state index contributed by atoms with van der Waals surface area (Å²) in [5.41, 5.74) is 3.21. The van der Waals surface area contributed by atoms with Crippen molar-refractivity contribution in [1.82, 2.24) is 15.3 Å². The zero-order chi connectivity index (χ0) is 14.5. The van der Waals surface area contributed by atoms with E-state index in [2.05, 4.69) is 47.6 Å². The van der Waals surface area contributed by atoms with Crippen molar-refractivity contribution >= 4 is 10.9 Å². The predicted molar refractivity (Wildman–Crippen MR) is 86.1 cm³/mol. The second kappa shape index (κ2) is 6.46. The Hall–Kier alpha value is -2.26. The van der Waals surface area contributed by atoms with Crippen molar-refractivity contribution in [1.29, 1.82) is 0 Å². The molecule has 1 unspecified atom stereocenters. The first-order chi connectivity index (χ1) is 10.4. The second-order valence-electron chi connectivity index (χ2n) is 5.10. The van der Waals surface area contributed by atoms with Crippen LogP contribution in [0.25, 0.3) is 10.9 Å². The van der Waals surface area contributed by atoms with Crippen LogP contribution in [0.1, 0.15) is 30.6 Å². The molecule has 3 rings (SSSR count). The first-order valence-corrected chi connectivity index (χ1v) is 7.37. The van der Waals surface area contributed by atoms with Gasteiger partial charge in [-0.2, -0.15) is 0 Å². The maximum Gasteiger partial charge on any atom is 0.0766 e. The molecule has 0 saturated carbocycles. The van der Waals surface area contributed by atoms with Crippen LogP contribution in [0.4, 0.5) is 0 Å². The van der Waals surface area contributed by atoms with Crippen LogP contribution in [-0.4, -0.2) is 16.5 Å². The SMILES string of the molecule is CCCNC(c1cccnc1)c1ccc2ccccc2n1. The third-order valence-corrected chi connectivity index (χ3v) is 3.53. The van der Waals surface area contributed by atoms with E-state index >= 15 is 0 Å². The highest BCUT2D eigenvalue weighted by Gasteiger charge is 2.15. The van der Waals surface area contributed by atoms with Crippen molar-refractivity contribution in [3.05, 3.63) is 72.2 Å². The maximum absolute atomic E-state index is 4.81. The number of nitrogens with zero attached hydrogens (tertiary/aromatic N) is 2. The van der Waals surface area contributed by atoms with Gasteiger partial charge in [0.1, 0.15) is 0 Å². The Morgan fingerprint density at radius 2 is 1.95 bits per heavy atom. The minimum Gasteiger partial charge on any atom is -0.305 e. The molecule has 3 heteroatoms. The monoisotopic (exact) mass is 277 g/mol. The molecule has 106 valence electrons. The Labute approximate surface area is 125 Å². The topological polar surface area (TPSA) is 37.8 Å². The van der Waals surface area contributed by atoms with Gasteiger partial charge in [-0.1, -0.05) is 37.3 Å². The zero-order valence-electron chi connectivity index (χ0n) is 12.2. The van der Waals surface area contributed by atoms with E-state index in [0.29, 0.717) is 0 Å². The van der Waals surface area contributed by atoms with Gasteiger partial charge in [0.25, 0.3) is 0 Å². The number of nitrogens with one attached hydrogen (secondary N) is 1. The Kier molecular flexibility index (Phi) is 4.22. The highest BCUT2D eigenvalue weighted by atomic mass is 14.9. The number of benzene rings is 1. The summed E-state index contributed by atoms with van der Waals surface area (Å²) in [7, 11) is 0. The lowest BCUT2D eigenvalue weighted by Crippen LogP contribution is -2.24. The maximum atomic E-state index is 4.81. The molecule has 2 heterocycles. The van der Waals surface area contributed by atoms with Gasteiger partial charge >= 0.3 is 0 Å².